The van der Waals surface area contributed by atoms with E-state index in [1.807, 2.05) is 37.3 Å². The van der Waals surface area contributed by atoms with Crippen molar-refractivity contribution >= 4 is 11.9 Å². The van der Waals surface area contributed by atoms with Crippen LogP contribution >= 0.6 is 0 Å². The predicted octanol–water partition coefficient (Wildman–Crippen LogP) is 2.99. The summed E-state index contributed by atoms with van der Waals surface area (Å²) in [6, 6.07) is 11.3. The van der Waals surface area contributed by atoms with E-state index in [-0.39, 0.29) is 12.5 Å². The third kappa shape index (κ3) is 3.15. The molecule has 0 bridgehead atoms. The SMILES string of the molecule is Cc1c(C(=O)N2CCC[C@H](C(=O)O)C2)cccc1-c1ccccn1. The second-order valence-electron chi connectivity index (χ2n) is 6.12. The van der Waals surface area contributed by atoms with Crippen LogP contribution < -0.4 is 0 Å². The molecule has 1 amide bonds. The number of carbonyl (C=O) groups excluding carboxylic acids is 1. The molecular weight excluding hydrogens is 304 g/mol. The number of carboxylic acid groups (broad SMARTS) is 1. The van der Waals surface area contributed by atoms with Crippen molar-refractivity contribution < 1.29 is 14.7 Å². The quantitative estimate of drug-likeness (QED) is 0.942. The molecule has 0 spiro atoms. The molecule has 1 N–H and O–H groups in total. The van der Waals surface area contributed by atoms with Gasteiger partial charge in [-0.1, -0.05) is 18.2 Å². The number of amides is 1. The van der Waals surface area contributed by atoms with Gasteiger partial charge in [0.25, 0.3) is 5.91 Å². The Bertz CT molecular complexity index is 758. The van der Waals surface area contributed by atoms with Gasteiger partial charge < -0.3 is 10.0 Å². The van der Waals surface area contributed by atoms with E-state index in [4.69, 9.17) is 0 Å². The summed E-state index contributed by atoms with van der Waals surface area (Å²) in [5.41, 5.74) is 3.24. The second kappa shape index (κ2) is 6.83. The van der Waals surface area contributed by atoms with Crippen molar-refractivity contribution in [2.45, 2.75) is 19.8 Å². The number of rotatable bonds is 3. The first-order valence-electron chi connectivity index (χ1n) is 8.11. The van der Waals surface area contributed by atoms with E-state index in [0.29, 0.717) is 18.5 Å². The van der Waals surface area contributed by atoms with Crippen molar-refractivity contribution in [3.8, 4) is 11.3 Å². The van der Waals surface area contributed by atoms with E-state index in [1.54, 1.807) is 17.2 Å². The highest BCUT2D eigenvalue weighted by molar-refractivity contribution is 5.97. The number of carboxylic acids is 1. The van der Waals surface area contributed by atoms with Gasteiger partial charge in [0.15, 0.2) is 0 Å². The number of pyridine rings is 1. The Labute approximate surface area is 140 Å². The van der Waals surface area contributed by atoms with Gasteiger partial charge in [-0.25, -0.2) is 0 Å². The molecule has 24 heavy (non-hydrogen) atoms. The summed E-state index contributed by atoms with van der Waals surface area (Å²) in [4.78, 5) is 30.1. The molecule has 1 aliphatic heterocycles. The molecule has 0 saturated carbocycles. The van der Waals surface area contributed by atoms with Gasteiger partial charge in [0.2, 0.25) is 0 Å². The lowest BCUT2D eigenvalue weighted by Gasteiger charge is -2.31. The first-order valence-corrected chi connectivity index (χ1v) is 8.11. The number of hydrogen-bond acceptors (Lipinski definition) is 3. The van der Waals surface area contributed by atoms with Crippen molar-refractivity contribution in [2.75, 3.05) is 13.1 Å². The number of aromatic nitrogens is 1. The standard InChI is InChI=1S/C19H20N2O3/c1-13-15(17-9-2-3-10-20-17)7-4-8-16(13)18(22)21-11-5-6-14(12-21)19(23)24/h2-4,7-10,14H,5-6,11-12H2,1H3,(H,23,24)/t14-/m0/s1. The lowest BCUT2D eigenvalue weighted by atomic mass is 9.95. The molecule has 3 rings (SSSR count). The fourth-order valence-corrected chi connectivity index (χ4v) is 3.20. The number of benzene rings is 1. The molecule has 1 aliphatic rings. The van der Waals surface area contributed by atoms with Gasteiger partial charge in [-0.15, -0.1) is 0 Å². The fraction of sp³-hybridized carbons (Fsp3) is 0.316. The summed E-state index contributed by atoms with van der Waals surface area (Å²) in [6.45, 7) is 2.80. The molecule has 0 aliphatic carbocycles. The van der Waals surface area contributed by atoms with E-state index >= 15 is 0 Å². The zero-order chi connectivity index (χ0) is 17.1. The molecule has 1 atom stereocenters. The van der Waals surface area contributed by atoms with E-state index in [0.717, 1.165) is 23.2 Å². The molecule has 5 heteroatoms. The predicted molar refractivity (Wildman–Crippen MR) is 90.7 cm³/mol. The zero-order valence-electron chi connectivity index (χ0n) is 13.6. The molecule has 1 aromatic heterocycles. The average Bonchev–Trinajstić information content (AvgIpc) is 2.62. The Morgan fingerprint density at radius 1 is 1.21 bits per heavy atom. The minimum atomic E-state index is -0.827. The van der Waals surface area contributed by atoms with Gasteiger partial charge in [-0.2, -0.15) is 0 Å². The highest BCUT2D eigenvalue weighted by Crippen LogP contribution is 2.26. The molecule has 5 nitrogen and oxygen atoms in total. The van der Waals surface area contributed by atoms with Crippen LogP contribution in [0.2, 0.25) is 0 Å². The fourth-order valence-electron chi connectivity index (χ4n) is 3.20. The van der Waals surface area contributed by atoms with Gasteiger partial charge in [0, 0.05) is 30.4 Å². The van der Waals surface area contributed by atoms with Crippen LogP contribution in [-0.2, 0) is 4.79 Å². The Balaban J connectivity index is 1.89. The Morgan fingerprint density at radius 3 is 2.75 bits per heavy atom. The first kappa shape index (κ1) is 16.2. The van der Waals surface area contributed by atoms with Crippen LogP contribution in [0.5, 0.6) is 0 Å². The van der Waals surface area contributed by atoms with E-state index < -0.39 is 11.9 Å². The summed E-state index contributed by atoms with van der Waals surface area (Å²) in [7, 11) is 0. The van der Waals surface area contributed by atoms with Crippen LogP contribution in [0, 0.1) is 12.8 Å². The van der Waals surface area contributed by atoms with Crippen molar-refractivity contribution in [3.63, 3.8) is 0 Å². The Morgan fingerprint density at radius 2 is 2.04 bits per heavy atom. The minimum absolute atomic E-state index is 0.101. The number of nitrogens with zero attached hydrogens (tertiary/aromatic N) is 2. The van der Waals surface area contributed by atoms with Crippen LogP contribution in [-0.4, -0.2) is 40.0 Å². The summed E-state index contributed by atoms with van der Waals surface area (Å²) in [5.74, 6) is -1.40. The Hall–Kier alpha value is -2.69. The number of piperidine rings is 1. The van der Waals surface area contributed by atoms with Crippen molar-refractivity contribution in [3.05, 3.63) is 53.7 Å². The molecule has 1 saturated heterocycles. The Kier molecular flexibility index (Phi) is 4.60. The zero-order valence-corrected chi connectivity index (χ0v) is 13.6. The van der Waals surface area contributed by atoms with Crippen LogP contribution in [0.25, 0.3) is 11.3 Å². The molecule has 2 aromatic rings. The summed E-state index contributed by atoms with van der Waals surface area (Å²) in [5, 5.41) is 9.21. The summed E-state index contributed by atoms with van der Waals surface area (Å²) >= 11 is 0. The molecule has 1 fully saturated rings. The first-order chi connectivity index (χ1) is 11.6. The lowest BCUT2D eigenvalue weighted by molar-refractivity contribution is -0.143. The molecule has 0 radical (unpaired) electrons. The maximum absolute atomic E-state index is 12.9. The van der Waals surface area contributed by atoms with Crippen LogP contribution in [0.1, 0.15) is 28.8 Å². The maximum atomic E-state index is 12.9. The minimum Gasteiger partial charge on any atom is -0.481 e. The van der Waals surface area contributed by atoms with Gasteiger partial charge in [0.05, 0.1) is 11.6 Å². The van der Waals surface area contributed by atoms with Crippen LogP contribution in [0.3, 0.4) is 0 Å². The molecular formula is C19H20N2O3. The number of carbonyl (C=O) groups is 2. The van der Waals surface area contributed by atoms with Crippen molar-refractivity contribution in [1.82, 2.24) is 9.88 Å². The molecule has 124 valence electrons. The average molecular weight is 324 g/mol. The summed E-state index contributed by atoms with van der Waals surface area (Å²) in [6.07, 6.45) is 3.08. The van der Waals surface area contributed by atoms with Crippen molar-refractivity contribution in [1.29, 1.82) is 0 Å². The van der Waals surface area contributed by atoms with Crippen LogP contribution in [0.4, 0.5) is 0 Å². The third-order valence-corrected chi connectivity index (χ3v) is 4.56. The number of hydrogen-bond donors (Lipinski definition) is 1. The topological polar surface area (TPSA) is 70.5 Å². The second-order valence-corrected chi connectivity index (χ2v) is 6.12. The van der Waals surface area contributed by atoms with Gasteiger partial charge >= 0.3 is 5.97 Å². The normalized spacial score (nSPS) is 17.5. The third-order valence-electron chi connectivity index (χ3n) is 4.56. The van der Waals surface area contributed by atoms with Gasteiger partial charge in [-0.3, -0.25) is 14.6 Å². The molecule has 1 aromatic carbocycles. The van der Waals surface area contributed by atoms with Gasteiger partial charge in [0.1, 0.15) is 0 Å². The van der Waals surface area contributed by atoms with Crippen molar-refractivity contribution in [2.24, 2.45) is 5.92 Å². The number of likely N-dealkylation sites (tertiary alicyclic amines) is 1. The van der Waals surface area contributed by atoms with Gasteiger partial charge in [-0.05, 0) is 43.5 Å². The monoisotopic (exact) mass is 324 g/mol. The van der Waals surface area contributed by atoms with E-state index in [9.17, 15) is 14.7 Å². The maximum Gasteiger partial charge on any atom is 0.308 e. The summed E-state index contributed by atoms with van der Waals surface area (Å²) < 4.78 is 0. The highest BCUT2D eigenvalue weighted by atomic mass is 16.4. The smallest absolute Gasteiger partial charge is 0.308 e. The number of aliphatic carboxylic acids is 1. The van der Waals surface area contributed by atoms with Crippen LogP contribution in [0.15, 0.2) is 42.6 Å². The largest absolute Gasteiger partial charge is 0.481 e. The molecule has 2 heterocycles. The molecule has 0 unspecified atom stereocenters. The highest BCUT2D eigenvalue weighted by Gasteiger charge is 2.29. The lowest BCUT2D eigenvalue weighted by Crippen LogP contribution is -2.42. The van der Waals surface area contributed by atoms with E-state index in [1.165, 1.54) is 0 Å². The van der Waals surface area contributed by atoms with E-state index in [2.05, 4.69) is 4.98 Å².